The van der Waals surface area contributed by atoms with Gasteiger partial charge in [0, 0.05) is 6.61 Å². The molecule has 0 aliphatic rings. The summed E-state index contributed by atoms with van der Waals surface area (Å²) in [6, 6.07) is 0. The first-order valence-corrected chi connectivity index (χ1v) is 9.20. The van der Waals surface area contributed by atoms with Gasteiger partial charge in [0.05, 0.1) is 0 Å². The Labute approximate surface area is 184 Å². The Morgan fingerprint density at radius 2 is 0.957 bits per heavy atom. The van der Waals surface area contributed by atoms with E-state index in [4.69, 9.17) is 15.3 Å². The second-order valence-electron chi connectivity index (χ2n) is 6.32. The van der Waals surface area contributed by atoms with Crippen LogP contribution in [-0.2, 0) is 4.79 Å². The summed E-state index contributed by atoms with van der Waals surface area (Å²) in [5, 5.41) is 26.3. The van der Waals surface area contributed by atoms with Crippen molar-refractivity contribution >= 4 is 57.4 Å². The van der Waals surface area contributed by atoms with Gasteiger partial charge in [0.25, 0.3) is 0 Å². The van der Waals surface area contributed by atoms with E-state index in [-0.39, 0.29) is 51.4 Å². The maximum absolute atomic E-state index is 10.4. The summed E-state index contributed by atoms with van der Waals surface area (Å²) in [5.74, 6) is -1.10. The van der Waals surface area contributed by atoms with Crippen molar-refractivity contribution in [1.82, 2.24) is 0 Å². The Hall–Kier alpha value is 1.03. The monoisotopic (exact) mass is 356 g/mol. The van der Waals surface area contributed by atoms with Gasteiger partial charge in [0.1, 0.15) is 0 Å². The number of aliphatic hydroxyl groups is 2. The zero-order valence-electron chi connectivity index (χ0n) is 14.1. The first-order chi connectivity index (χ1) is 10.7. The van der Waals surface area contributed by atoms with E-state index < -0.39 is 12.1 Å². The Morgan fingerprint density at radius 1 is 0.652 bits per heavy atom. The molecule has 5 heteroatoms. The van der Waals surface area contributed by atoms with Crippen LogP contribution in [0.15, 0.2) is 0 Å². The molecule has 0 spiro atoms. The van der Waals surface area contributed by atoms with Gasteiger partial charge < -0.3 is 15.3 Å². The molecule has 1 atom stereocenters. The molecule has 0 heterocycles. The van der Waals surface area contributed by atoms with Gasteiger partial charge in [-0.1, -0.05) is 83.5 Å². The van der Waals surface area contributed by atoms with Crippen LogP contribution in [0.25, 0.3) is 0 Å². The fourth-order valence-corrected chi connectivity index (χ4v) is 2.69. The molecule has 0 aromatic heterocycles. The minimum absolute atomic E-state index is 0. The zero-order chi connectivity index (χ0) is 16.5. The summed E-state index contributed by atoms with van der Waals surface area (Å²) >= 11 is 0. The van der Waals surface area contributed by atoms with Gasteiger partial charge in [-0.25, -0.2) is 4.79 Å². The molecule has 3 N–H and O–H groups in total. The number of aliphatic carboxylic acids is 1. The molecule has 0 saturated carbocycles. The van der Waals surface area contributed by atoms with Crippen LogP contribution < -0.4 is 0 Å². The van der Waals surface area contributed by atoms with Gasteiger partial charge in [-0.2, -0.15) is 0 Å². The fraction of sp³-hybridized carbons (Fsp3) is 0.944. The summed E-state index contributed by atoms with van der Waals surface area (Å²) in [6.07, 6.45) is 16.0. The average molecular weight is 357 g/mol. The van der Waals surface area contributed by atoms with Gasteiger partial charge in [-0.3, -0.25) is 0 Å². The van der Waals surface area contributed by atoms with Crippen LogP contribution in [0.4, 0.5) is 0 Å². The number of carboxylic acid groups (broad SMARTS) is 1. The van der Waals surface area contributed by atoms with Crippen LogP contribution in [0.5, 0.6) is 0 Å². The summed E-state index contributed by atoms with van der Waals surface area (Å²) in [5.41, 5.74) is 0. The van der Waals surface area contributed by atoms with Crippen molar-refractivity contribution in [1.29, 1.82) is 0 Å². The van der Waals surface area contributed by atoms with E-state index in [1.54, 1.807) is 0 Å². The van der Waals surface area contributed by atoms with E-state index in [0.717, 1.165) is 25.7 Å². The number of hydrogen-bond donors (Lipinski definition) is 3. The van der Waals surface area contributed by atoms with Crippen LogP contribution in [0.1, 0.15) is 96.3 Å². The third kappa shape index (κ3) is 21.0. The third-order valence-corrected chi connectivity index (χ3v) is 4.17. The number of hydrogen-bond acceptors (Lipinski definition) is 3. The molecule has 1 unspecified atom stereocenters. The van der Waals surface area contributed by atoms with Crippen molar-refractivity contribution in [3.63, 3.8) is 0 Å². The molecule has 23 heavy (non-hydrogen) atoms. The van der Waals surface area contributed by atoms with Crippen molar-refractivity contribution in [2.24, 2.45) is 0 Å². The second-order valence-corrected chi connectivity index (χ2v) is 6.32. The summed E-state index contributed by atoms with van der Waals surface area (Å²) < 4.78 is 0. The Morgan fingerprint density at radius 3 is 1.26 bits per heavy atom. The van der Waals surface area contributed by atoms with Crippen LogP contribution >= 0.6 is 0 Å². The van der Waals surface area contributed by atoms with E-state index in [2.05, 4.69) is 0 Å². The van der Waals surface area contributed by atoms with E-state index in [1.807, 2.05) is 0 Å². The van der Waals surface area contributed by atoms with Crippen LogP contribution in [-0.4, -0.2) is 85.4 Å². The average Bonchev–Trinajstić information content (AvgIpc) is 2.50. The Kier molecular flexibility index (Phi) is 24.1. The molecule has 0 saturated heterocycles. The molecule has 0 amide bonds. The third-order valence-electron chi connectivity index (χ3n) is 4.17. The molecule has 134 valence electrons. The van der Waals surface area contributed by atoms with Crippen molar-refractivity contribution in [3.8, 4) is 0 Å². The molecule has 0 fully saturated rings. The summed E-state index contributed by atoms with van der Waals surface area (Å²) in [4.78, 5) is 10.4. The van der Waals surface area contributed by atoms with Crippen LogP contribution in [0, 0.1) is 0 Å². The normalized spacial score (nSPS) is 11.9. The molecule has 0 aromatic carbocycles. The number of carboxylic acids is 1. The first kappa shape index (κ1) is 26.3. The van der Waals surface area contributed by atoms with Crippen molar-refractivity contribution < 1.29 is 20.1 Å². The molecule has 4 nitrogen and oxygen atoms in total. The standard InChI is InChI=1S/C18H36O4.K.H/c19-16-14-12-10-8-6-4-2-1-3-5-7-9-11-13-15-17(20)18(21)22;;/h17,19-20H,1-16H2,(H,21,22);;. The van der Waals surface area contributed by atoms with Crippen molar-refractivity contribution in [2.75, 3.05) is 6.61 Å². The van der Waals surface area contributed by atoms with Crippen LogP contribution in [0.2, 0.25) is 0 Å². The van der Waals surface area contributed by atoms with Gasteiger partial charge >= 0.3 is 57.4 Å². The molecule has 0 aliphatic carbocycles. The molecule has 0 aliphatic heterocycles. The number of aliphatic hydroxyl groups excluding tert-OH is 2. The quantitative estimate of drug-likeness (QED) is 0.275. The number of carbonyl (C=O) groups is 1. The van der Waals surface area contributed by atoms with Crippen molar-refractivity contribution in [3.05, 3.63) is 0 Å². The SMILES string of the molecule is O=C(O)C(O)CCCCCCCCCCCCCCCCO.[KH]. The molecule has 0 rings (SSSR count). The first-order valence-electron chi connectivity index (χ1n) is 9.20. The van der Waals surface area contributed by atoms with Crippen molar-refractivity contribution in [2.45, 2.75) is 102 Å². The summed E-state index contributed by atoms with van der Waals surface area (Å²) in [6.45, 7) is 0.333. The number of rotatable bonds is 17. The van der Waals surface area contributed by atoms with E-state index >= 15 is 0 Å². The predicted octanol–water partition coefficient (Wildman–Crippen LogP) is 3.63. The molecule has 0 bridgehead atoms. The molecular formula is C18H37KO4. The maximum atomic E-state index is 10.4. The van der Waals surface area contributed by atoms with Gasteiger partial charge in [-0.05, 0) is 12.8 Å². The van der Waals surface area contributed by atoms with E-state index in [1.165, 1.54) is 64.2 Å². The summed E-state index contributed by atoms with van der Waals surface area (Å²) in [7, 11) is 0. The Balaban J connectivity index is 0. The Bertz CT molecular complexity index is 249. The zero-order valence-corrected chi connectivity index (χ0v) is 14.1. The topological polar surface area (TPSA) is 77.8 Å². The van der Waals surface area contributed by atoms with Gasteiger partial charge in [-0.15, -0.1) is 0 Å². The number of unbranched alkanes of at least 4 members (excludes halogenated alkanes) is 13. The van der Waals surface area contributed by atoms with E-state index in [0.29, 0.717) is 13.0 Å². The minimum atomic E-state index is -1.18. The van der Waals surface area contributed by atoms with Crippen LogP contribution in [0.3, 0.4) is 0 Å². The van der Waals surface area contributed by atoms with Gasteiger partial charge in [0.15, 0.2) is 6.10 Å². The predicted molar refractivity (Wildman–Crippen MR) is 97.1 cm³/mol. The molecule has 0 aromatic rings. The molecular weight excluding hydrogens is 319 g/mol. The fourth-order valence-electron chi connectivity index (χ4n) is 2.69. The van der Waals surface area contributed by atoms with Gasteiger partial charge in [0.2, 0.25) is 0 Å². The molecule has 0 radical (unpaired) electrons. The van der Waals surface area contributed by atoms with E-state index in [9.17, 15) is 4.79 Å². The second kappa shape index (κ2) is 21.1.